The van der Waals surface area contributed by atoms with Gasteiger partial charge in [0, 0.05) is 19.5 Å². The molecular formula is C25H34N2O4. The Morgan fingerprint density at radius 1 is 0.935 bits per heavy atom. The fraction of sp³-hybridized carbons (Fsp3) is 0.440. The first-order valence-corrected chi connectivity index (χ1v) is 11.0. The summed E-state index contributed by atoms with van der Waals surface area (Å²) in [6, 6.07) is 14.9. The Kier molecular flexibility index (Phi) is 9.88. The van der Waals surface area contributed by atoms with Crippen LogP contribution in [0.3, 0.4) is 0 Å². The van der Waals surface area contributed by atoms with Gasteiger partial charge in [0.15, 0.2) is 11.5 Å². The van der Waals surface area contributed by atoms with Crippen LogP contribution in [0.15, 0.2) is 48.5 Å². The molecule has 0 saturated heterocycles. The molecular weight excluding hydrogens is 392 g/mol. The van der Waals surface area contributed by atoms with E-state index in [1.807, 2.05) is 69.3 Å². The number of rotatable bonds is 12. The first-order chi connectivity index (χ1) is 15.0. The van der Waals surface area contributed by atoms with Crippen molar-refractivity contribution in [3.8, 4) is 11.5 Å². The number of ether oxygens (including phenoxy) is 2. The maximum atomic E-state index is 13.1. The predicted molar refractivity (Wildman–Crippen MR) is 122 cm³/mol. The summed E-state index contributed by atoms with van der Waals surface area (Å²) in [4.78, 5) is 27.2. The van der Waals surface area contributed by atoms with Gasteiger partial charge >= 0.3 is 0 Å². The van der Waals surface area contributed by atoms with Crippen LogP contribution in [0.5, 0.6) is 11.5 Å². The summed E-state index contributed by atoms with van der Waals surface area (Å²) in [5, 5.41) is 2.82. The zero-order valence-electron chi connectivity index (χ0n) is 19.0. The number of likely N-dealkylation sites (N-methyl/N-ethyl adjacent to an activating group) is 1. The van der Waals surface area contributed by atoms with Gasteiger partial charge < -0.3 is 19.7 Å². The molecule has 0 heterocycles. The average Bonchev–Trinajstić information content (AvgIpc) is 2.78. The summed E-state index contributed by atoms with van der Waals surface area (Å²) in [7, 11) is 0. The van der Waals surface area contributed by atoms with E-state index in [1.54, 1.807) is 11.8 Å². The van der Waals surface area contributed by atoms with Gasteiger partial charge in [0.2, 0.25) is 11.8 Å². The Balaban J connectivity index is 2.13. The molecule has 6 nitrogen and oxygen atoms in total. The minimum atomic E-state index is -0.549. The molecule has 0 radical (unpaired) electrons. The average molecular weight is 427 g/mol. The first-order valence-electron chi connectivity index (χ1n) is 11.0. The summed E-state index contributed by atoms with van der Waals surface area (Å²) in [6.45, 7) is 9.52. The van der Waals surface area contributed by atoms with Gasteiger partial charge in [-0.05, 0) is 57.4 Å². The highest BCUT2D eigenvalue weighted by molar-refractivity contribution is 5.87. The molecule has 1 unspecified atom stereocenters. The van der Waals surface area contributed by atoms with Crippen LogP contribution < -0.4 is 14.8 Å². The summed E-state index contributed by atoms with van der Waals surface area (Å²) in [5.41, 5.74) is 1.98. The van der Waals surface area contributed by atoms with E-state index >= 15 is 0 Å². The molecule has 2 aromatic carbocycles. The monoisotopic (exact) mass is 426 g/mol. The SMILES string of the molecule is CCNC(=O)C(C)N(Cc1ccccc1)C(=O)CCc1ccc(OCC)c(OCC)c1. The molecule has 1 atom stereocenters. The van der Waals surface area contributed by atoms with Crippen LogP contribution in [0.4, 0.5) is 0 Å². The lowest BCUT2D eigenvalue weighted by Gasteiger charge is -2.29. The predicted octanol–water partition coefficient (Wildman–Crippen LogP) is 3.97. The number of amides is 2. The Labute approximate surface area is 185 Å². The van der Waals surface area contributed by atoms with Crippen molar-refractivity contribution in [1.82, 2.24) is 10.2 Å². The largest absolute Gasteiger partial charge is 0.490 e. The molecule has 168 valence electrons. The Hall–Kier alpha value is -3.02. The topological polar surface area (TPSA) is 67.9 Å². The van der Waals surface area contributed by atoms with Gasteiger partial charge in [-0.3, -0.25) is 9.59 Å². The highest BCUT2D eigenvalue weighted by atomic mass is 16.5. The van der Waals surface area contributed by atoms with E-state index in [4.69, 9.17) is 9.47 Å². The normalized spacial score (nSPS) is 11.5. The number of hydrogen-bond acceptors (Lipinski definition) is 4. The van der Waals surface area contributed by atoms with Crippen molar-refractivity contribution in [1.29, 1.82) is 0 Å². The maximum absolute atomic E-state index is 13.1. The van der Waals surface area contributed by atoms with Gasteiger partial charge in [0.25, 0.3) is 0 Å². The van der Waals surface area contributed by atoms with E-state index in [-0.39, 0.29) is 11.8 Å². The Morgan fingerprint density at radius 2 is 1.61 bits per heavy atom. The molecule has 0 aliphatic rings. The van der Waals surface area contributed by atoms with E-state index < -0.39 is 6.04 Å². The number of carbonyl (C=O) groups is 2. The van der Waals surface area contributed by atoms with Crippen molar-refractivity contribution in [2.45, 2.75) is 53.1 Å². The first kappa shape index (κ1) is 24.3. The van der Waals surface area contributed by atoms with Crippen LogP contribution in [0.2, 0.25) is 0 Å². The van der Waals surface area contributed by atoms with Gasteiger partial charge in [-0.1, -0.05) is 36.4 Å². The maximum Gasteiger partial charge on any atom is 0.242 e. The summed E-state index contributed by atoms with van der Waals surface area (Å²) in [5.74, 6) is 1.18. The fourth-order valence-electron chi connectivity index (χ4n) is 3.33. The van der Waals surface area contributed by atoms with Crippen molar-refractivity contribution in [2.24, 2.45) is 0 Å². The van der Waals surface area contributed by atoms with Gasteiger partial charge in [-0.25, -0.2) is 0 Å². The third-order valence-corrected chi connectivity index (χ3v) is 4.95. The molecule has 0 aliphatic heterocycles. The Bertz CT molecular complexity index is 839. The standard InChI is InChI=1S/C25H34N2O4/c1-5-26-25(29)19(4)27(18-21-11-9-8-10-12-21)24(28)16-14-20-13-15-22(30-6-2)23(17-20)31-7-3/h8-13,15,17,19H,5-7,14,16,18H2,1-4H3,(H,26,29). The van der Waals surface area contributed by atoms with E-state index in [9.17, 15) is 9.59 Å². The second kappa shape index (κ2) is 12.6. The van der Waals surface area contributed by atoms with Crippen LogP contribution in [-0.2, 0) is 22.6 Å². The van der Waals surface area contributed by atoms with Crippen molar-refractivity contribution in [3.63, 3.8) is 0 Å². The van der Waals surface area contributed by atoms with Crippen molar-refractivity contribution < 1.29 is 19.1 Å². The minimum absolute atomic E-state index is 0.0607. The zero-order chi connectivity index (χ0) is 22.6. The number of benzene rings is 2. The highest BCUT2D eigenvalue weighted by Crippen LogP contribution is 2.29. The zero-order valence-corrected chi connectivity index (χ0v) is 19.0. The van der Waals surface area contributed by atoms with Crippen LogP contribution in [0.25, 0.3) is 0 Å². The molecule has 1 N–H and O–H groups in total. The number of carbonyl (C=O) groups excluding carboxylic acids is 2. The molecule has 0 spiro atoms. The van der Waals surface area contributed by atoms with Crippen LogP contribution in [0.1, 0.15) is 45.2 Å². The third kappa shape index (κ3) is 7.31. The van der Waals surface area contributed by atoms with Crippen molar-refractivity contribution in [2.75, 3.05) is 19.8 Å². The number of nitrogens with one attached hydrogen (secondary N) is 1. The molecule has 0 saturated carbocycles. The number of nitrogens with zero attached hydrogens (tertiary/aromatic N) is 1. The lowest BCUT2D eigenvalue weighted by atomic mass is 10.1. The van der Waals surface area contributed by atoms with Gasteiger partial charge in [0.05, 0.1) is 13.2 Å². The molecule has 2 aromatic rings. The molecule has 0 bridgehead atoms. The summed E-state index contributed by atoms with van der Waals surface area (Å²) in [6.07, 6.45) is 0.856. The molecule has 0 fully saturated rings. The van der Waals surface area contributed by atoms with E-state index in [0.717, 1.165) is 11.1 Å². The van der Waals surface area contributed by atoms with E-state index in [0.29, 0.717) is 50.6 Å². The second-order valence-electron chi connectivity index (χ2n) is 7.22. The fourth-order valence-corrected chi connectivity index (χ4v) is 3.33. The lowest BCUT2D eigenvalue weighted by Crippen LogP contribution is -2.47. The van der Waals surface area contributed by atoms with E-state index in [1.165, 1.54) is 0 Å². The van der Waals surface area contributed by atoms with Gasteiger partial charge in [-0.2, -0.15) is 0 Å². The van der Waals surface area contributed by atoms with Crippen LogP contribution in [-0.4, -0.2) is 42.5 Å². The number of hydrogen-bond donors (Lipinski definition) is 1. The second-order valence-corrected chi connectivity index (χ2v) is 7.22. The van der Waals surface area contributed by atoms with E-state index in [2.05, 4.69) is 5.32 Å². The molecule has 6 heteroatoms. The number of aryl methyl sites for hydroxylation is 1. The molecule has 0 aromatic heterocycles. The summed E-state index contributed by atoms with van der Waals surface area (Å²) >= 11 is 0. The summed E-state index contributed by atoms with van der Waals surface area (Å²) < 4.78 is 11.3. The van der Waals surface area contributed by atoms with Crippen LogP contribution >= 0.6 is 0 Å². The highest BCUT2D eigenvalue weighted by Gasteiger charge is 2.25. The molecule has 31 heavy (non-hydrogen) atoms. The molecule has 0 aliphatic carbocycles. The third-order valence-electron chi connectivity index (χ3n) is 4.95. The quantitative estimate of drug-likeness (QED) is 0.558. The van der Waals surface area contributed by atoms with Gasteiger partial charge in [-0.15, -0.1) is 0 Å². The minimum Gasteiger partial charge on any atom is -0.490 e. The molecule has 2 amide bonds. The van der Waals surface area contributed by atoms with Crippen LogP contribution in [0, 0.1) is 0 Å². The smallest absolute Gasteiger partial charge is 0.242 e. The van der Waals surface area contributed by atoms with Crippen molar-refractivity contribution in [3.05, 3.63) is 59.7 Å². The lowest BCUT2D eigenvalue weighted by molar-refractivity contribution is -0.140. The van der Waals surface area contributed by atoms with Gasteiger partial charge in [0.1, 0.15) is 6.04 Å². The van der Waals surface area contributed by atoms with Crippen molar-refractivity contribution >= 4 is 11.8 Å². The molecule has 2 rings (SSSR count). The Morgan fingerprint density at radius 3 is 2.26 bits per heavy atom.